The number of aliphatic hydroxyl groups is 1. The lowest BCUT2D eigenvalue weighted by molar-refractivity contribution is -0.0594. The zero-order chi connectivity index (χ0) is 20.6. The van der Waals surface area contributed by atoms with Crippen LogP contribution in [-0.4, -0.2) is 41.3 Å². The van der Waals surface area contributed by atoms with Crippen molar-refractivity contribution in [1.82, 2.24) is 10.3 Å². The van der Waals surface area contributed by atoms with Crippen LogP contribution in [0.15, 0.2) is 29.1 Å². The molecule has 0 bridgehead atoms. The van der Waals surface area contributed by atoms with Gasteiger partial charge in [-0.3, -0.25) is 9.59 Å². The van der Waals surface area contributed by atoms with Gasteiger partial charge in [0.1, 0.15) is 11.3 Å². The van der Waals surface area contributed by atoms with Crippen molar-refractivity contribution in [3.05, 3.63) is 62.6 Å². The maximum Gasteiger partial charge on any atom is 0.261 e. The molecule has 152 valence electrons. The number of aromatic nitrogens is 1. The second kappa shape index (κ2) is 5.93. The Morgan fingerprint density at radius 1 is 1.31 bits per heavy atom. The molecule has 4 unspecified atom stereocenters. The number of nitrogens with one attached hydrogen (secondary N) is 2. The second-order valence-electron chi connectivity index (χ2n) is 8.77. The minimum absolute atomic E-state index is 0.0230. The highest BCUT2D eigenvalue weighted by molar-refractivity contribution is 5.92. The Labute approximate surface area is 168 Å². The number of ether oxygens (including phenoxy) is 1. The Kier molecular flexibility index (Phi) is 3.76. The first-order chi connectivity index (χ1) is 13.8. The molecule has 2 fully saturated rings. The highest BCUT2D eigenvalue weighted by Crippen LogP contribution is 2.59. The van der Waals surface area contributed by atoms with Crippen molar-refractivity contribution in [2.75, 3.05) is 13.7 Å². The molecule has 2 aliphatic carbocycles. The number of nitrogens with two attached hydrogens (primary N) is 1. The van der Waals surface area contributed by atoms with Gasteiger partial charge in [-0.2, -0.15) is 0 Å². The molecule has 29 heavy (non-hydrogen) atoms. The smallest absolute Gasteiger partial charge is 0.261 e. The largest absolute Gasteiger partial charge is 0.497 e. The summed E-state index contributed by atoms with van der Waals surface area (Å²) in [5, 5.41) is 15.6. The van der Waals surface area contributed by atoms with E-state index in [1.165, 1.54) is 0 Å². The van der Waals surface area contributed by atoms with Gasteiger partial charge in [-0.05, 0) is 60.7 Å². The zero-order valence-corrected chi connectivity index (χ0v) is 16.5. The fourth-order valence-electron chi connectivity index (χ4n) is 5.96. The Morgan fingerprint density at radius 3 is 2.76 bits per heavy atom. The number of carbonyl (C=O) groups excluding carboxylic acids is 1. The number of aryl methyl sites for hydroxylation is 1. The van der Waals surface area contributed by atoms with Crippen LogP contribution in [0.3, 0.4) is 0 Å². The molecule has 1 aromatic carbocycles. The molecule has 7 heteroatoms. The van der Waals surface area contributed by atoms with Gasteiger partial charge < -0.3 is 25.9 Å². The molecule has 0 radical (unpaired) electrons. The van der Waals surface area contributed by atoms with Crippen LogP contribution in [0.4, 0.5) is 0 Å². The fourth-order valence-corrected chi connectivity index (χ4v) is 5.96. The maximum atomic E-state index is 12.4. The standard InChI is InChI=1S/C22H25N3O4/c1-11-3-4-14(29-2)6-16(11)21-7-13-10-24-18(13)22(21,28)8-12-5-15(19(23)26)20(27)25-17(12)9-21/h3-6,13,18,24,28H,7-10H2,1-2H3,(H2,23,26)(H,25,27). The molecule has 4 atom stereocenters. The SMILES string of the molecule is COc1ccc(C)c(C23Cc4[nH]c(=O)c(C(N)=O)cc4CC2(O)C2NCC2C3)c1. The van der Waals surface area contributed by atoms with E-state index in [4.69, 9.17) is 10.5 Å². The van der Waals surface area contributed by atoms with Gasteiger partial charge in [-0.15, -0.1) is 0 Å². The molecule has 5 rings (SSSR count). The van der Waals surface area contributed by atoms with Crippen LogP contribution < -0.4 is 21.3 Å². The number of hydrogen-bond acceptors (Lipinski definition) is 5. The van der Waals surface area contributed by atoms with Crippen molar-refractivity contribution in [3.63, 3.8) is 0 Å². The third-order valence-corrected chi connectivity index (χ3v) is 7.40. The summed E-state index contributed by atoms with van der Waals surface area (Å²) in [6.45, 7) is 2.92. The van der Waals surface area contributed by atoms with Crippen molar-refractivity contribution in [2.24, 2.45) is 11.7 Å². The van der Waals surface area contributed by atoms with E-state index in [9.17, 15) is 14.7 Å². The average molecular weight is 395 g/mol. The number of methoxy groups -OCH3 is 1. The molecule has 1 amide bonds. The highest BCUT2D eigenvalue weighted by Gasteiger charge is 2.68. The minimum atomic E-state index is -1.03. The number of rotatable bonds is 3. The summed E-state index contributed by atoms with van der Waals surface area (Å²) in [7, 11) is 1.64. The van der Waals surface area contributed by atoms with Gasteiger partial charge in [0.25, 0.3) is 11.5 Å². The normalized spacial score (nSPS) is 32.0. The first-order valence-corrected chi connectivity index (χ1v) is 9.95. The summed E-state index contributed by atoms with van der Waals surface area (Å²) in [6, 6.07) is 7.50. The Balaban J connectivity index is 1.73. The van der Waals surface area contributed by atoms with Crippen LogP contribution in [0.25, 0.3) is 0 Å². The van der Waals surface area contributed by atoms with Crippen molar-refractivity contribution in [3.8, 4) is 5.75 Å². The lowest BCUT2D eigenvalue weighted by atomic mass is 9.59. The molecule has 1 aromatic heterocycles. The number of fused-ring (bicyclic) bond motifs is 4. The third-order valence-electron chi connectivity index (χ3n) is 7.40. The van der Waals surface area contributed by atoms with Gasteiger partial charge in [0.05, 0.1) is 12.7 Å². The van der Waals surface area contributed by atoms with Crippen LogP contribution in [0.2, 0.25) is 0 Å². The number of hydrogen-bond donors (Lipinski definition) is 4. The summed E-state index contributed by atoms with van der Waals surface area (Å²) in [4.78, 5) is 26.9. The molecule has 1 saturated heterocycles. The van der Waals surface area contributed by atoms with Gasteiger partial charge in [0.15, 0.2) is 0 Å². The van der Waals surface area contributed by atoms with Crippen molar-refractivity contribution in [2.45, 2.75) is 43.2 Å². The Bertz CT molecular complexity index is 1090. The van der Waals surface area contributed by atoms with E-state index in [-0.39, 0.29) is 11.6 Å². The van der Waals surface area contributed by atoms with E-state index in [2.05, 4.69) is 10.3 Å². The summed E-state index contributed by atoms with van der Waals surface area (Å²) >= 11 is 0. The number of H-pyrrole nitrogens is 1. The monoisotopic (exact) mass is 395 g/mol. The van der Waals surface area contributed by atoms with Crippen LogP contribution >= 0.6 is 0 Å². The first-order valence-electron chi connectivity index (χ1n) is 9.95. The van der Waals surface area contributed by atoms with Gasteiger partial charge in [-0.25, -0.2) is 0 Å². The molecule has 0 spiro atoms. The predicted octanol–water partition coefficient (Wildman–Crippen LogP) is 0.550. The molecule has 5 N–H and O–H groups in total. The summed E-state index contributed by atoms with van der Waals surface area (Å²) in [6.07, 6.45) is 1.67. The molecular formula is C22H25N3O4. The molecule has 2 heterocycles. The molecular weight excluding hydrogens is 370 g/mol. The molecule has 1 aliphatic heterocycles. The van der Waals surface area contributed by atoms with Crippen LogP contribution in [0.1, 0.15) is 39.2 Å². The lowest BCUT2D eigenvalue weighted by Gasteiger charge is -2.51. The molecule has 2 aromatic rings. The van der Waals surface area contributed by atoms with E-state index in [0.717, 1.165) is 41.1 Å². The van der Waals surface area contributed by atoms with Gasteiger partial charge in [-0.1, -0.05) is 6.07 Å². The number of benzene rings is 1. The van der Waals surface area contributed by atoms with Crippen molar-refractivity contribution >= 4 is 5.91 Å². The summed E-state index contributed by atoms with van der Waals surface area (Å²) in [5.41, 5.74) is 6.95. The highest BCUT2D eigenvalue weighted by atomic mass is 16.5. The van der Waals surface area contributed by atoms with Crippen LogP contribution in [0.5, 0.6) is 5.75 Å². The van der Waals surface area contributed by atoms with E-state index in [0.29, 0.717) is 18.8 Å². The topological polar surface area (TPSA) is 117 Å². The van der Waals surface area contributed by atoms with Crippen LogP contribution in [0, 0.1) is 12.8 Å². The van der Waals surface area contributed by atoms with E-state index in [1.807, 2.05) is 25.1 Å². The first kappa shape index (κ1) is 18.4. The molecule has 7 nitrogen and oxygen atoms in total. The minimum Gasteiger partial charge on any atom is -0.497 e. The second-order valence-corrected chi connectivity index (χ2v) is 8.77. The van der Waals surface area contributed by atoms with E-state index < -0.39 is 22.5 Å². The van der Waals surface area contributed by atoms with Gasteiger partial charge >= 0.3 is 0 Å². The Morgan fingerprint density at radius 2 is 2.10 bits per heavy atom. The predicted molar refractivity (Wildman–Crippen MR) is 107 cm³/mol. The number of primary amides is 1. The Hall–Kier alpha value is -2.64. The quantitative estimate of drug-likeness (QED) is 0.606. The van der Waals surface area contributed by atoms with E-state index >= 15 is 0 Å². The third kappa shape index (κ3) is 2.31. The van der Waals surface area contributed by atoms with E-state index in [1.54, 1.807) is 13.2 Å². The number of amides is 1. The number of carbonyl (C=O) groups is 1. The van der Waals surface area contributed by atoms with Crippen LogP contribution in [-0.2, 0) is 18.3 Å². The van der Waals surface area contributed by atoms with Gasteiger partial charge in [0, 0.05) is 30.0 Å². The molecule has 1 saturated carbocycles. The average Bonchev–Trinajstić information content (AvgIpc) is 2.82. The van der Waals surface area contributed by atoms with Crippen molar-refractivity contribution < 1.29 is 14.6 Å². The fraction of sp³-hybridized carbons (Fsp3) is 0.455. The lowest BCUT2D eigenvalue weighted by Crippen LogP contribution is -2.67. The summed E-state index contributed by atoms with van der Waals surface area (Å²) in [5.74, 6) is 0.354. The summed E-state index contributed by atoms with van der Waals surface area (Å²) < 4.78 is 5.47. The number of pyridine rings is 1. The zero-order valence-electron chi connectivity index (χ0n) is 16.5. The molecule has 3 aliphatic rings. The van der Waals surface area contributed by atoms with Crippen molar-refractivity contribution in [1.29, 1.82) is 0 Å². The maximum absolute atomic E-state index is 12.4. The number of aromatic amines is 1. The van der Waals surface area contributed by atoms with Gasteiger partial charge in [0.2, 0.25) is 0 Å².